The molecule has 0 fully saturated rings. The fraction of sp³-hybridized carbons (Fsp3) is 0. The summed E-state index contributed by atoms with van der Waals surface area (Å²) in [4.78, 5) is 7.26. The molecule has 1 aromatic rings. The maximum absolute atomic E-state index is 4.57. The van der Waals surface area contributed by atoms with Crippen LogP contribution < -0.4 is 0 Å². The molecule has 0 radical (unpaired) electrons. The predicted octanol–water partition coefficient (Wildman–Crippen LogP) is 0.964. The fourth-order valence-corrected chi connectivity index (χ4v) is 0.225. The molecule has 0 atom stereocenters. The maximum Gasteiger partial charge on any atom is -0.0387 e. The second kappa shape index (κ2) is 6.99. The van der Waals surface area contributed by atoms with Gasteiger partial charge in [-0.2, -0.15) is 0 Å². The van der Waals surface area contributed by atoms with Gasteiger partial charge in [-0.05, 0) is 12.4 Å². The van der Waals surface area contributed by atoms with Crippen LogP contribution in [-0.4, -0.2) is 9.97 Å². The molecule has 0 saturated heterocycles. The maximum atomic E-state index is 4.57. The first kappa shape index (κ1) is 7.99. The van der Waals surface area contributed by atoms with Crippen LogP contribution in [0.4, 0.5) is 0 Å². The van der Waals surface area contributed by atoms with E-state index in [2.05, 4.69) is 25.9 Å². The molecule has 1 rings (SSSR count). The second-order valence-corrected chi connectivity index (χ2v) is 0.835. The fourth-order valence-electron chi connectivity index (χ4n) is 0.225. The molecule has 8 heavy (non-hydrogen) atoms. The van der Waals surface area contributed by atoms with Crippen LogP contribution in [0.1, 0.15) is 0 Å². The molecular weight excluding hydrogens is 213 g/mol. The third kappa shape index (κ3) is 4.16. The summed E-state index contributed by atoms with van der Waals surface area (Å²) in [6.45, 7) is 0. The van der Waals surface area contributed by atoms with Crippen LogP contribution in [0.15, 0.2) is 18.6 Å². The smallest absolute Gasteiger partial charge is 0.0387 e. The topological polar surface area (TPSA) is 25.8 Å². The van der Waals surface area contributed by atoms with Crippen molar-refractivity contribution in [3.8, 4) is 0 Å². The Morgan fingerprint density at radius 1 is 1.38 bits per heavy atom. The van der Waals surface area contributed by atoms with Gasteiger partial charge in [0.1, 0.15) is 0 Å². The summed E-state index contributed by atoms with van der Waals surface area (Å²) >= 11 is 1.82. The van der Waals surface area contributed by atoms with Crippen molar-refractivity contribution in [2.45, 2.75) is 0 Å². The molecule has 0 aliphatic carbocycles. The Morgan fingerprint density at radius 3 is 2.25 bits per heavy atom. The van der Waals surface area contributed by atoms with E-state index in [9.17, 15) is 0 Å². The van der Waals surface area contributed by atoms with Gasteiger partial charge >= 0.3 is 27.0 Å². The Hall–Kier alpha value is -0.00662. The van der Waals surface area contributed by atoms with Gasteiger partial charge in [-0.15, -0.1) is 12.4 Å². The summed E-state index contributed by atoms with van der Waals surface area (Å²) in [5.41, 5.74) is 0. The average Bonchev–Trinajstić information content (AvgIpc) is 1.96. The number of aromatic nitrogens is 2. The average molecular weight is 216 g/mol. The molecule has 0 unspecified atom stereocenters. The Balaban J connectivity index is 0.000000222. The van der Waals surface area contributed by atoms with Crippen molar-refractivity contribution >= 4 is 9.69 Å². The SMILES string of the molecule is [Cl][Ru+].[c-]1cnccn1. The van der Waals surface area contributed by atoms with Gasteiger partial charge in [0.25, 0.3) is 0 Å². The zero-order chi connectivity index (χ0) is 6.24. The zero-order valence-electron chi connectivity index (χ0n) is 3.86. The van der Waals surface area contributed by atoms with E-state index < -0.39 is 0 Å². The van der Waals surface area contributed by atoms with Crippen LogP contribution in [-0.2, 0) is 17.3 Å². The number of halogens is 1. The van der Waals surface area contributed by atoms with Crippen LogP contribution in [0.5, 0.6) is 0 Å². The molecule has 0 saturated carbocycles. The van der Waals surface area contributed by atoms with E-state index in [1.807, 2.05) is 17.3 Å². The van der Waals surface area contributed by atoms with E-state index in [0.717, 1.165) is 0 Å². The van der Waals surface area contributed by atoms with Gasteiger partial charge < -0.3 is 9.97 Å². The molecule has 0 bridgehead atoms. The largest absolute Gasteiger partial charge is 0.456 e. The van der Waals surface area contributed by atoms with Crippen molar-refractivity contribution in [1.82, 2.24) is 9.97 Å². The molecule has 1 heterocycles. The van der Waals surface area contributed by atoms with Crippen molar-refractivity contribution in [3.05, 3.63) is 24.8 Å². The van der Waals surface area contributed by atoms with Gasteiger partial charge in [0.2, 0.25) is 0 Å². The molecule has 0 aromatic carbocycles. The van der Waals surface area contributed by atoms with Gasteiger partial charge in [-0.3, -0.25) is 0 Å². The van der Waals surface area contributed by atoms with Crippen molar-refractivity contribution in [2.24, 2.45) is 0 Å². The summed E-state index contributed by atoms with van der Waals surface area (Å²) in [6.07, 6.45) is 7.24. The first-order chi connectivity index (χ1) is 4.00. The van der Waals surface area contributed by atoms with Gasteiger partial charge in [-0.25, -0.2) is 0 Å². The predicted molar refractivity (Wildman–Crippen MR) is 26.7 cm³/mol. The summed E-state index contributed by atoms with van der Waals surface area (Å²) < 4.78 is 0. The first-order valence-electron chi connectivity index (χ1n) is 1.75. The van der Waals surface area contributed by atoms with Crippen molar-refractivity contribution in [3.63, 3.8) is 0 Å². The van der Waals surface area contributed by atoms with Crippen molar-refractivity contribution in [2.75, 3.05) is 0 Å². The second-order valence-electron chi connectivity index (χ2n) is 0.835. The van der Waals surface area contributed by atoms with E-state index in [-0.39, 0.29) is 0 Å². The molecule has 0 amide bonds. The van der Waals surface area contributed by atoms with Gasteiger partial charge in [0.05, 0.1) is 0 Å². The standard InChI is InChI=1S/C4H3N2.ClH.Ru/c1-2-6-4-3-5-1;;/h1-3H;1H;/q-1;;+2/p-1. The number of rotatable bonds is 0. The minimum atomic E-state index is 1.51. The number of nitrogens with zero attached hydrogens (tertiary/aromatic N) is 2. The Morgan fingerprint density at radius 2 is 2.12 bits per heavy atom. The molecule has 0 aliphatic heterocycles. The molecule has 0 aliphatic rings. The van der Waals surface area contributed by atoms with Crippen LogP contribution in [0.2, 0.25) is 0 Å². The van der Waals surface area contributed by atoms with E-state index >= 15 is 0 Å². The molecule has 0 N–H and O–H groups in total. The summed E-state index contributed by atoms with van der Waals surface area (Å²) in [5.74, 6) is 0. The Kier molecular flexibility index (Phi) is 6.99. The third-order valence-electron chi connectivity index (χ3n) is 0.434. The van der Waals surface area contributed by atoms with E-state index in [0.29, 0.717) is 0 Å². The van der Waals surface area contributed by atoms with Crippen LogP contribution in [0, 0.1) is 6.20 Å². The number of hydrogen-bond donors (Lipinski definition) is 0. The van der Waals surface area contributed by atoms with Crippen LogP contribution in [0.25, 0.3) is 0 Å². The number of hydrogen-bond acceptors (Lipinski definition) is 2. The van der Waals surface area contributed by atoms with Gasteiger partial charge in [-0.1, -0.05) is 0 Å². The zero-order valence-corrected chi connectivity index (χ0v) is 6.35. The molecule has 1 aromatic heterocycles. The minimum Gasteiger partial charge on any atom is -0.456 e. The van der Waals surface area contributed by atoms with E-state index in [1.165, 1.54) is 6.20 Å². The normalized spacial score (nSPS) is 6.75. The Bertz CT molecular complexity index is 86.0. The quantitative estimate of drug-likeness (QED) is 0.476. The molecule has 0 spiro atoms. The summed E-state index contributed by atoms with van der Waals surface area (Å²) in [5, 5.41) is 0. The Labute approximate surface area is 62.0 Å². The first-order valence-corrected chi connectivity index (χ1v) is 3.99. The van der Waals surface area contributed by atoms with Crippen molar-refractivity contribution in [1.29, 1.82) is 0 Å². The van der Waals surface area contributed by atoms with Gasteiger partial charge in [0.15, 0.2) is 0 Å². The third-order valence-corrected chi connectivity index (χ3v) is 0.434. The van der Waals surface area contributed by atoms with Crippen LogP contribution >= 0.6 is 9.69 Å². The van der Waals surface area contributed by atoms with E-state index in [4.69, 9.17) is 0 Å². The summed E-state index contributed by atoms with van der Waals surface area (Å²) in [7, 11) is 4.57. The van der Waals surface area contributed by atoms with Crippen molar-refractivity contribution < 1.29 is 17.3 Å². The molecule has 44 valence electrons. The molecular formula is C4H3ClN2Ru. The monoisotopic (exact) mass is 216 g/mol. The van der Waals surface area contributed by atoms with E-state index in [1.54, 1.807) is 12.4 Å². The summed E-state index contributed by atoms with van der Waals surface area (Å²) in [6, 6.07) is 0. The molecule has 4 heteroatoms. The van der Waals surface area contributed by atoms with Crippen LogP contribution in [0.3, 0.4) is 0 Å². The van der Waals surface area contributed by atoms with Gasteiger partial charge in [0, 0.05) is 0 Å². The minimum absolute atomic E-state index is 1.51. The molecule has 2 nitrogen and oxygen atoms in total.